The number of hydrogen-bond donors (Lipinski definition) is 0. The van der Waals surface area contributed by atoms with E-state index in [4.69, 9.17) is 19.5 Å². The van der Waals surface area contributed by atoms with Crippen LogP contribution in [0, 0.1) is 11.8 Å². The Balaban J connectivity index is 1.30. The lowest BCUT2D eigenvalue weighted by atomic mass is 9.89. The molecule has 0 aliphatic carbocycles. The molecule has 0 saturated heterocycles. The Labute approximate surface area is 189 Å². The molecule has 2 aromatic carbocycles. The predicted molar refractivity (Wildman–Crippen MR) is 129 cm³/mol. The summed E-state index contributed by atoms with van der Waals surface area (Å²) >= 11 is 0. The van der Waals surface area contributed by atoms with Gasteiger partial charge in [0.1, 0.15) is 13.2 Å². The Morgan fingerprint density at radius 1 is 0.656 bits per heavy atom. The van der Waals surface area contributed by atoms with Crippen molar-refractivity contribution in [3.05, 3.63) is 70.4 Å². The highest BCUT2D eigenvalue weighted by molar-refractivity contribution is 6.02. The summed E-state index contributed by atoms with van der Waals surface area (Å²) < 4.78 is 12.0. The maximum atomic E-state index is 6.02. The minimum atomic E-state index is 0.446. The molecule has 4 nitrogen and oxygen atoms in total. The molecule has 0 radical (unpaired) electrons. The molecule has 6 rings (SSSR count). The summed E-state index contributed by atoms with van der Waals surface area (Å²) in [6, 6.07) is 13.5. The second kappa shape index (κ2) is 7.19. The quantitative estimate of drug-likeness (QED) is 0.547. The largest absolute Gasteiger partial charge is 0.473 e. The first-order valence-electron chi connectivity index (χ1n) is 11.6. The average Bonchev–Trinajstić information content (AvgIpc) is 3.43. The van der Waals surface area contributed by atoms with Crippen LogP contribution < -0.4 is 0 Å². The van der Waals surface area contributed by atoms with Crippen molar-refractivity contribution in [1.82, 2.24) is 0 Å². The van der Waals surface area contributed by atoms with Crippen LogP contribution in [0.3, 0.4) is 0 Å². The summed E-state index contributed by atoms with van der Waals surface area (Å²) in [5.74, 6) is 2.54. The molecule has 0 atom stereocenters. The molecule has 4 aliphatic heterocycles. The minimum absolute atomic E-state index is 0.446. The van der Waals surface area contributed by atoms with Gasteiger partial charge in [-0.25, -0.2) is 9.98 Å². The molecule has 4 heteroatoms. The number of fused-ring (bicyclic) bond motifs is 4. The van der Waals surface area contributed by atoms with Gasteiger partial charge in [-0.2, -0.15) is 0 Å². The molecule has 32 heavy (non-hydrogen) atoms. The molecule has 0 aromatic heterocycles. The number of hydrogen-bond acceptors (Lipinski definition) is 4. The highest BCUT2D eigenvalue weighted by atomic mass is 16.5. The van der Waals surface area contributed by atoms with Gasteiger partial charge in [-0.3, -0.25) is 0 Å². The van der Waals surface area contributed by atoms with E-state index < -0.39 is 0 Å². The fourth-order valence-corrected chi connectivity index (χ4v) is 4.98. The molecule has 0 unspecified atom stereocenters. The molecule has 0 fully saturated rings. The molecule has 0 saturated carbocycles. The number of aliphatic imine (C=N–C) groups is 2. The van der Waals surface area contributed by atoms with E-state index in [1.165, 1.54) is 56.0 Å². The Morgan fingerprint density at radius 2 is 1.09 bits per heavy atom. The van der Waals surface area contributed by atoms with Gasteiger partial charge in [-0.15, -0.1) is 0 Å². The van der Waals surface area contributed by atoms with Gasteiger partial charge in [0.2, 0.25) is 11.8 Å². The van der Waals surface area contributed by atoms with E-state index >= 15 is 0 Å². The van der Waals surface area contributed by atoms with E-state index in [1.54, 1.807) is 0 Å². The van der Waals surface area contributed by atoms with Crippen LogP contribution in [0.2, 0.25) is 0 Å². The Morgan fingerprint density at radius 3 is 1.50 bits per heavy atom. The highest BCUT2D eigenvalue weighted by Crippen LogP contribution is 2.42. The standard InChI is InChI=1S/C28H28N2O2/c1-15(2)25-11-23-21-7-5-17(9-19(21)13-31-27(23)29-25)18-6-8-22-20(10-18)14-32-28-24(22)12-26(30-28)16(3)4/h5-10,15-16H,11-14H2,1-4H3. The molecular formula is C28H28N2O2. The van der Waals surface area contributed by atoms with Crippen molar-refractivity contribution in [3.8, 4) is 11.1 Å². The van der Waals surface area contributed by atoms with E-state index in [9.17, 15) is 0 Å². The van der Waals surface area contributed by atoms with Crippen LogP contribution >= 0.6 is 0 Å². The van der Waals surface area contributed by atoms with Crippen LogP contribution in [0.15, 0.2) is 58.1 Å². The van der Waals surface area contributed by atoms with Crippen molar-refractivity contribution in [3.63, 3.8) is 0 Å². The third-order valence-corrected chi connectivity index (χ3v) is 6.98. The zero-order chi connectivity index (χ0) is 22.0. The molecule has 0 amide bonds. The van der Waals surface area contributed by atoms with Gasteiger partial charge in [-0.05, 0) is 57.3 Å². The number of ether oxygens (including phenoxy) is 2. The second-order valence-electron chi connectivity index (χ2n) is 9.76. The van der Waals surface area contributed by atoms with Crippen molar-refractivity contribution in [2.24, 2.45) is 21.8 Å². The van der Waals surface area contributed by atoms with Gasteiger partial charge in [0, 0.05) is 35.4 Å². The summed E-state index contributed by atoms with van der Waals surface area (Å²) in [7, 11) is 0. The number of nitrogens with zero attached hydrogens (tertiary/aromatic N) is 2. The van der Waals surface area contributed by atoms with Crippen molar-refractivity contribution < 1.29 is 9.47 Å². The topological polar surface area (TPSA) is 43.2 Å². The molecule has 0 N–H and O–H groups in total. The average molecular weight is 425 g/mol. The fourth-order valence-electron chi connectivity index (χ4n) is 4.98. The molecule has 162 valence electrons. The van der Waals surface area contributed by atoms with Gasteiger partial charge in [0.05, 0.1) is 0 Å². The Hall–Kier alpha value is -3.14. The van der Waals surface area contributed by atoms with E-state index in [2.05, 4.69) is 64.1 Å². The molecule has 4 aliphatic rings. The monoisotopic (exact) mass is 424 g/mol. The first kappa shape index (κ1) is 19.5. The number of allylic oxidation sites excluding steroid dienone is 2. The van der Waals surface area contributed by atoms with Crippen molar-refractivity contribution in [2.75, 3.05) is 0 Å². The van der Waals surface area contributed by atoms with Crippen LogP contribution in [0.1, 0.15) is 62.8 Å². The Kier molecular flexibility index (Phi) is 4.39. The zero-order valence-electron chi connectivity index (χ0n) is 19.2. The fraction of sp³-hybridized carbons (Fsp3) is 0.357. The smallest absolute Gasteiger partial charge is 0.217 e. The summed E-state index contributed by atoms with van der Waals surface area (Å²) in [6.45, 7) is 9.94. The van der Waals surface area contributed by atoms with Crippen molar-refractivity contribution in [2.45, 2.75) is 53.8 Å². The van der Waals surface area contributed by atoms with Gasteiger partial charge in [-0.1, -0.05) is 52.0 Å². The van der Waals surface area contributed by atoms with Crippen molar-refractivity contribution in [1.29, 1.82) is 0 Å². The first-order valence-corrected chi connectivity index (χ1v) is 11.6. The lowest BCUT2D eigenvalue weighted by Gasteiger charge is -2.21. The summed E-state index contributed by atoms with van der Waals surface area (Å²) in [5.41, 5.74) is 12.4. The van der Waals surface area contributed by atoms with Crippen LogP contribution in [0.5, 0.6) is 0 Å². The lowest BCUT2D eigenvalue weighted by Crippen LogP contribution is -2.07. The minimum Gasteiger partial charge on any atom is -0.473 e. The van der Waals surface area contributed by atoms with Crippen LogP contribution in [-0.2, 0) is 22.7 Å². The lowest BCUT2D eigenvalue weighted by molar-refractivity contribution is 0.194. The first-order chi connectivity index (χ1) is 15.5. The maximum Gasteiger partial charge on any atom is 0.217 e. The van der Waals surface area contributed by atoms with Gasteiger partial charge in [0.25, 0.3) is 0 Å². The van der Waals surface area contributed by atoms with Gasteiger partial charge >= 0.3 is 0 Å². The van der Waals surface area contributed by atoms with Crippen LogP contribution in [0.4, 0.5) is 0 Å². The molecular weight excluding hydrogens is 396 g/mol. The summed E-state index contributed by atoms with van der Waals surface area (Å²) in [6.07, 6.45) is 1.79. The predicted octanol–water partition coefficient (Wildman–Crippen LogP) is 6.75. The third kappa shape index (κ3) is 3.04. The van der Waals surface area contributed by atoms with E-state index in [0.29, 0.717) is 25.0 Å². The van der Waals surface area contributed by atoms with E-state index in [-0.39, 0.29) is 0 Å². The second-order valence-corrected chi connectivity index (χ2v) is 9.76. The summed E-state index contributed by atoms with van der Waals surface area (Å²) in [5, 5.41) is 0. The molecule has 2 aromatic rings. The zero-order valence-corrected chi connectivity index (χ0v) is 19.2. The van der Waals surface area contributed by atoms with Crippen LogP contribution in [0.25, 0.3) is 22.3 Å². The van der Waals surface area contributed by atoms with Gasteiger partial charge in [0.15, 0.2) is 0 Å². The maximum absolute atomic E-state index is 6.02. The van der Waals surface area contributed by atoms with Crippen molar-refractivity contribution >= 4 is 22.6 Å². The van der Waals surface area contributed by atoms with E-state index in [1.807, 2.05) is 0 Å². The summed E-state index contributed by atoms with van der Waals surface area (Å²) in [4.78, 5) is 9.45. The molecule has 0 bridgehead atoms. The van der Waals surface area contributed by atoms with Gasteiger partial charge < -0.3 is 9.47 Å². The normalized spacial score (nSPS) is 18.7. The molecule has 0 spiro atoms. The Bertz CT molecular complexity index is 1170. The highest BCUT2D eigenvalue weighted by Gasteiger charge is 2.29. The van der Waals surface area contributed by atoms with E-state index in [0.717, 1.165) is 24.6 Å². The SMILES string of the molecule is CC(C)C1=NC2=C(C1)c1ccc(-c3ccc4c(c3)COC3=C4CC(C(C)C)=N3)cc1CO2. The molecule has 4 heterocycles. The van der Waals surface area contributed by atoms with Crippen LogP contribution in [-0.4, -0.2) is 11.4 Å². The number of rotatable bonds is 3. The number of benzene rings is 2. The third-order valence-electron chi connectivity index (χ3n) is 6.98.